The van der Waals surface area contributed by atoms with Crippen molar-refractivity contribution in [1.82, 2.24) is 10.3 Å². The molecule has 0 saturated carbocycles. The molecule has 0 aromatic carbocycles. The molecular formula is C11H19N3OS2. The van der Waals surface area contributed by atoms with E-state index in [4.69, 9.17) is 5.73 Å². The van der Waals surface area contributed by atoms with E-state index < -0.39 is 0 Å². The molecule has 0 aliphatic carbocycles. The third kappa shape index (κ3) is 5.41. The van der Waals surface area contributed by atoms with E-state index in [1.54, 1.807) is 6.20 Å². The van der Waals surface area contributed by atoms with Gasteiger partial charge in [-0.25, -0.2) is 4.98 Å². The van der Waals surface area contributed by atoms with Crippen molar-refractivity contribution in [1.29, 1.82) is 0 Å². The Hall–Kier alpha value is -0.750. The second-order valence-electron chi connectivity index (χ2n) is 4.25. The fraction of sp³-hybridized carbons (Fsp3) is 0.636. The summed E-state index contributed by atoms with van der Waals surface area (Å²) < 4.78 is 0.981. The third-order valence-corrected chi connectivity index (χ3v) is 4.25. The van der Waals surface area contributed by atoms with Crippen molar-refractivity contribution in [2.24, 2.45) is 5.92 Å². The lowest BCUT2D eigenvalue weighted by atomic mass is 10.1. The molecule has 0 aliphatic rings. The van der Waals surface area contributed by atoms with Crippen molar-refractivity contribution in [2.45, 2.75) is 36.7 Å². The lowest BCUT2D eigenvalue weighted by Crippen LogP contribution is -2.32. The molecule has 4 nitrogen and oxygen atoms in total. The highest BCUT2D eigenvalue weighted by molar-refractivity contribution is 8.02. The van der Waals surface area contributed by atoms with Crippen LogP contribution >= 0.6 is 23.1 Å². The first-order valence-corrected chi connectivity index (χ1v) is 7.34. The largest absolute Gasteiger partial charge is 0.375 e. The van der Waals surface area contributed by atoms with Crippen LogP contribution in [0, 0.1) is 5.92 Å². The predicted molar refractivity (Wildman–Crippen MR) is 74.3 cm³/mol. The minimum absolute atomic E-state index is 0.0719. The van der Waals surface area contributed by atoms with Crippen molar-refractivity contribution >= 4 is 34.1 Å². The van der Waals surface area contributed by atoms with Gasteiger partial charge in [0.15, 0.2) is 5.13 Å². The number of aromatic nitrogens is 1. The summed E-state index contributed by atoms with van der Waals surface area (Å²) in [6.07, 6.45) is 2.72. The Labute approximate surface area is 110 Å². The first-order valence-electron chi connectivity index (χ1n) is 5.64. The Kier molecular flexibility index (Phi) is 5.77. The third-order valence-electron chi connectivity index (χ3n) is 2.19. The number of rotatable bonds is 6. The number of anilines is 1. The summed E-state index contributed by atoms with van der Waals surface area (Å²) in [7, 11) is 0. The lowest BCUT2D eigenvalue weighted by Gasteiger charge is -2.11. The van der Waals surface area contributed by atoms with Crippen LogP contribution in [-0.2, 0) is 4.79 Å². The molecule has 1 heterocycles. The number of hydrogen-bond acceptors (Lipinski definition) is 5. The van der Waals surface area contributed by atoms with Crippen molar-refractivity contribution < 1.29 is 4.79 Å². The zero-order valence-corrected chi connectivity index (χ0v) is 12.0. The number of amides is 1. The normalized spacial score (nSPS) is 12.7. The van der Waals surface area contributed by atoms with Crippen molar-refractivity contribution in [3.8, 4) is 0 Å². The average Bonchev–Trinajstić information content (AvgIpc) is 2.63. The molecule has 96 valence electrons. The Morgan fingerprint density at radius 1 is 1.59 bits per heavy atom. The van der Waals surface area contributed by atoms with Crippen molar-refractivity contribution in [3.05, 3.63) is 6.20 Å². The second kappa shape index (κ2) is 6.86. The second-order valence-corrected chi connectivity index (χ2v) is 6.95. The standard InChI is InChI=1S/C11H19N3OS2/c1-7(2)4-5-13-10(15)8(3)16-9-6-14-11(12)17-9/h6-8H,4-5H2,1-3H3,(H2,12,14)(H,13,15). The van der Waals surface area contributed by atoms with Gasteiger partial charge < -0.3 is 11.1 Å². The van der Waals surface area contributed by atoms with E-state index in [2.05, 4.69) is 24.1 Å². The molecule has 1 unspecified atom stereocenters. The van der Waals surface area contributed by atoms with Gasteiger partial charge in [-0.05, 0) is 19.3 Å². The quantitative estimate of drug-likeness (QED) is 0.781. The number of nitrogen functional groups attached to an aromatic ring is 1. The Morgan fingerprint density at radius 2 is 2.29 bits per heavy atom. The number of thiazole rings is 1. The molecule has 6 heteroatoms. The van der Waals surface area contributed by atoms with Crippen LogP contribution in [0.1, 0.15) is 27.2 Å². The van der Waals surface area contributed by atoms with Crippen LogP contribution in [-0.4, -0.2) is 22.7 Å². The van der Waals surface area contributed by atoms with Gasteiger partial charge in [0.1, 0.15) is 0 Å². The Morgan fingerprint density at radius 3 is 2.82 bits per heavy atom. The SMILES string of the molecule is CC(C)CCNC(=O)C(C)Sc1cnc(N)s1. The molecule has 1 amide bonds. The van der Waals surface area contributed by atoms with Gasteiger partial charge in [0.25, 0.3) is 0 Å². The van der Waals surface area contributed by atoms with Crippen LogP contribution in [0.5, 0.6) is 0 Å². The van der Waals surface area contributed by atoms with E-state index in [1.165, 1.54) is 23.1 Å². The van der Waals surface area contributed by atoms with Gasteiger partial charge in [-0.3, -0.25) is 4.79 Å². The lowest BCUT2D eigenvalue weighted by molar-refractivity contribution is -0.120. The van der Waals surface area contributed by atoms with E-state index in [9.17, 15) is 4.79 Å². The van der Waals surface area contributed by atoms with Gasteiger partial charge in [0.05, 0.1) is 15.7 Å². The van der Waals surface area contributed by atoms with Crippen LogP contribution in [0.25, 0.3) is 0 Å². The van der Waals surface area contributed by atoms with Gasteiger partial charge in [0.2, 0.25) is 5.91 Å². The molecule has 0 aliphatic heterocycles. The summed E-state index contributed by atoms with van der Waals surface area (Å²) in [5, 5.41) is 3.37. The van der Waals surface area contributed by atoms with Gasteiger partial charge in [-0.15, -0.1) is 11.8 Å². The number of carbonyl (C=O) groups excluding carboxylic acids is 1. The zero-order chi connectivity index (χ0) is 12.8. The van der Waals surface area contributed by atoms with Crippen molar-refractivity contribution in [3.63, 3.8) is 0 Å². The molecule has 0 bridgehead atoms. The predicted octanol–water partition coefficient (Wildman–Crippen LogP) is 2.37. The Bertz CT molecular complexity index is 365. The van der Waals surface area contributed by atoms with Gasteiger partial charge >= 0.3 is 0 Å². The molecule has 0 fully saturated rings. The number of thioether (sulfide) groups is 1. The van der Waals surface area contributed by atoms with Crippen molar-refractivity contribution in [2.75, 3.05) is 12.3 Å². The summed E-state index contributed by atoms with van der Waals surface area (Å²) in [5.74, 6) is 0.683. The maximum absolute atomic E-state index is 11.8. The molecule has 0 spiro atoms. The van der Waals surface area contributed by atoms with Crippen LogP contribution in [0.15, 0.2) is 10.4 Å². The van der Waals surface area contributed by atoms with Gasteiger partial charge in [-0.2, -0.15) is 0 Å². The fourth-order valence-electron chi connectivity index (χ4n) is 1.18. The highest BCUT2D eigenvalue weighted by Crippen LogP contribution is 2.29. The molecule has 0 saturated heterocycles. The molecule has 17 heavy (non-hydrogen) atoms. The summed E-state index contributed by atoms with van der Waals surface area (Å²) in [5.41, 5.74) is 5.54. The van der Waals surface area contributed by atoms with Crippen LogP contribution in [0.2, 0.25) is 0 Å². The monoisotopic (exact) mass is 273 g/mol. The van der Waals surface area contributed by atoms with E-state index in [-0.39, 0.29) is 11.2 Å². The van der Waals surface area contributed by atoms with Crippen LogP contribution < -0.4 is 11.1 Å². The van der Waals surface area contributed by atoms with Gasteiger partial charge in [-0.1, -0.05) is 25.2 Å². The first-order chi connectivity index (χ1) is 7.99. The average molecular weight is 273 g/mol. The topological polar surface area (TPSA) is 68.0 Å². The highest BCUT2D eigenvalue weighted by atomic mass is 32.2. The summed E-state index contributed by atoms with van der Waals surface area (Å²) in [6.45, 7) is 6.92. The zero-order valence-electron chi connectivity index (χ0n) is 10.4. The molecular weight excluding hydrogens is 254 g/mol. The number of hydrogen-bond donors (Lipinski definition) is 2. The minimum Gasteiger partial charge on any atom is -0.375 e. The summed E-state index contributed by atoms with van der Waals surface area (Å²) in [6, 6.07) is 0. The molecule has 1 aromatic heterocycles. The fourth-order valence-corrected chi connectivity index (χ4v) is 3.13. The number of nitrogens with zero attached hydrogens (tertiary/aromatic N) is 1. The molecule has 1 aromatic rings. The Balaban J connectivity index is 2.31. The minimum atomic E-state index is -0.109. The summed E-state index contributed by atoms with van der Waals surface area (Å²) >= 11 is 2.91. The van der Waals surface area contributed by atoms with E-state index in [0.29, 0.717) is 11.0 Å². The molecule has 1 atom stereocenters. The molecule has 3 N–H and O–H groups in total. The van der Waals surface area contributed by atoms with Crippen LogP contribution in [0.4, 0.5) is 5.13 Å². The van der Waals surface area contributed by atoms with Crippen LogP contribution in [0.3, 0.4) is 0 Å². The maximum atomic E-state index is 11.8. The smallest absolute Gasteiger partial charge is 0.233 e. The summed E-state index contributed by atoms with van der Waals surface area (Å²) in [4.78, 5) is 15.7. The van der Waals surface area contributed by atoms with E-state index >= 15 is 0 Å². The molecule has 0 radical (unpaired) electrons. The number of carbonyl (C=O) groups is 1. The molecule has 1 rings (SSSR count). The van der Waals surface area contributed by atoms with E-state index in [0.717, 1.165) is 17.2 Å². The van der Waals surface area contributed by atoms with Gasteiger partial charge in [0, 0.05) is 6.54 Å². The maximum Gasteiger partial charge on any atom is 0.233 e. The number of nitrogens with one attached hydrogen (secondary N) is 1. The van der Waals surface area contributed by atoms with E-state index in [1.807, 2.05) is 6.92 Å². The highest BCUT2D eigenvalue weighted by Gasteiger charge is 2.15. The first kappa shape index (κ1) is 14.3. The number of nitrogens with two attached hydrogens (primary N) is 1.